The first-order valence-electron chi connectivity index (χ1n) is 8.36. The van der Waals surface area contributed by atoms with Gasteiger partial charge in [-0.3, -0.25) is 14.9 Å². The largest absolute Gasteiger partial charge is 0.317 e. The summed E-state index contributed by atoms with van der Waals surface area (Å²) in [6, 6.07) is 3.85. The van der Waals surface area contributed by atoms with E-state index >= 15 is 0 Å². The Labute approximate surface area is 138 Å². The van der Waals surface area contributed by atoms with Gasteiger partial charge >= 0.3 is 0 Å². The van der Waals surface area contributed by atoms with E-state index in [0.717, 1.165) is 12.8 Å². The van der Waals surface area contributed by atoms with E-state index in [4.69, 9.17) is 10.5 Å². The van der Waals surface area contributed by atoms with Crippen molar-refractivity contribution in [3.05, 3.63) is 0 Å². The number of amides is 2. The van der Waals surface area contributed by atoms with Gasteiger partial charge in [-0.25, -0.2) is 0 Å². The highest BCUT2D eigenvalue weighted by Crippen LogP contribution is 2.43. The molecule has 6 heteroatoms. The second kappa shape index (κ2) is 9.27. The summed E-state index contributed by atoms with van der Waals surface area (Å²) in [4.78, 5) is 23.2. The van der Waals surface area contributed by atoms with Gasteiger partial charge in [-0.05, 0) is 32.4 Å². The number of hydrogen-bond donors (Lipinski definition) is 2. The van der Waals surface area contributed by atoms with Crippen LogP contribution in [0.5, 0.6) is 0 Å². The van der Waals surface area contributed by atoms with Gasteiger partial charge in [0.05, 0.1) is 12.1 Å². The fourth-order valence-electron chi connectivity index (χ4n) is 3.09. The van der Waals surface area contributed by atoms with Crippen molar-refractivity contribution in [3.8, 4) is 12.1 Å². The SMILES string of the molecule is C1CCNCC1.CCCCC1(C)C(C#N)C(=O)NC(=O)C1C#N. The lowest BCUT2D eigenvalue weighted by Crippen LogP contribution is -2.56. The molecule has 126 valence electrons. The molecular weight excluding hydrogens is 292 g/mol. The molecule has 2 amide bonds. The first kappa shape index (κ1) is 19.1. The van der Waals surface area contributed by atoms with E-state index in [1.165, 1.54) is 32.4 Å². The molecule has 23 heavy (non-hydrogen) atoms. The number of piperidine rings is 2. The fourth-order valence-corrected chi connectivity index (χ4v) is 3.09. The standard InChI is InChI=1S/C12H15N3O2.C5H11N/c1-3-4-5-12(2)8(6-13)10(16)15-11(17)9(12)7-14;1-2-4-6-5-3-1/h8-9H,3-5H2,1-2H3,(H,15,16,17);6H,1-5H2. The minimum absolute atomic E-state index is 0.527. The molecule has 0 spiro atoms. The maximum atomic E-state index is 11.6. The molecule has 0 aliphatic carbocycles. The van der Waals surface area contributed by atoms with Gasteiger partial charge < -0.3 is 5.32 Å². The van der Waals surface area contributed by atoms with E-state index < -0.39 is 29.1 Å². The van der Waals surface area contributed by atoms with E-state index in [0.29, 0.717) is 6.42 Å². The molecule has 2 rings (SSSR count). The summed E-state index contributed by atoms with van der Waals surface area (Å²) in [5.74, 6) is -3.03. The molecule has 6 nitrogen and oxygen atoms in total. The number of rotatable bonds is 3. The van der Waals surface area contributed by atoms with Crippen LogP contribution in [-0.2, 0) is 9.59 Å². The Hall–Kier alpha value is -1.92. The summed E-state index contributed by atoms with van der Waals surface area (Å²) in [6.45, 7) is 6.16. The molecule has 2 heterocycles. The molecule has 2 fully saturated rings. The predicted octanol–water partition coefficient (Wildman–Crippen LogP) is 1.88. The van der Waals surface area contributed by atoms with E-state index in [2.05, 4.69) is 10.6 Å². The zero-order chi connectivity index (χ0) is 17.3. The molecule has 2 aliphatic rings. The molecule has 2 N–H and O–H groups in total. The highest BCUT2D eigenvalue weighted by Gasteiger charge is 2.52. The van der Waals surface area contributed by atoms with Crippen molar-refractivity contribution in [1.82, 2.24) is 10.6 Å². The number of nitrogens with one attached hydrogen (secondary N) is 2. The Kier molecular flexibility index (Phi) is 7.71. The summed E-state index contributed by atoms with van der Waals surface area (Å²) in [6.07, 6.45) is 6.42. The van der Waals surface area contributed by atoms with E-state index in [-0.39, 0.29) is 0 Å². The zero-order valence-corrected chi connectivity index (χ0v) is 14.0. The van der Waals surface area contributed by atoms with Crippen molar-refractivity contribution in [2.75, 3.05) is 13.1 Å². The van der Waals surface area contributed by atoms with Crippen molar-refractivity contribution in [2.45, 2.75) is 52.4 Å². The van der Waals surface area contributed by atoms with Crippen molar-refractivity contribution in [3.63, 3.8) is 0 Å². The lowest BCUT2D eigenvalue weighted by molar-refractivity contribution is -0.144. The third kappa shape index (κ3) is 4.77. The van der Waals surface area contributed by atoms with Crippen LogP contribution in [0.3, 0.4) is 0 Å². The van der Waals surface area contributed by atoms with Gasteiger partial charge in [0.15, 0.2) is 0 Å². The highest BCUT2D eigenvalue weighted by atomic mass is 16.2. The van der Waals surface area contributed by atoms with Crippen molar-refractivity contribution in [2.24, 2.45) is 17.3 Å². The summed E-state index contributed by atoms with van der Waals surface area (Å²) in [7, 11) is 0. The summed E-state index contributed by atoms with van der Waals surface area (Å²) < 4.78 is 0. The molecule has 2 aliphatic heterocycles. The first-order chi connectivity index (χ1) is 11.0. The van der Waals surface area contributed by atoms with Gasteiger partial charge in [0.25, 0.3) is 0 Å². The van der Waals surface area contributed by atoms with Gasteiger partial charge in [0.2, 0.25) is 11.8 Å². The minimum Gasteiger partial charge on any atom is -0.317 e. The van der Waals surface area contributed by atoms with E-state index in [9.17, 15) is 9.59 Å². The van der Waals surface area contributed by atoms with Gasteiger partial charge in [-0.2, -0.15) is 10.5 Å². The molecule has 0 bridgehead atoms. The smallest absolute Gasteiger partial charge is 0.244 e. The van der Waals surface area contributed by atoms with Crippen LogP contribution in [0.4, 0.5) is 0 Å². The van der Waals surface area contributed by atoms with Crippen molar-refractivity contribution < 1.29 is 9.59 Å². The summed E-state index contributed by atoms with van der Waals surface area (Å²) >= 11 is 0. The Morgan fingerprint density at radius 1 is 1.09 bits per heavy atom. The van der Waals surface area contributed by atoms with Crippen LogP contribution in [0.15, 0.2) is 0 Å². The van der Waals surface area contributed by atoms with Crippen molar-refractivity contribution >= 4 is 11.8 Å². The predicted molar refractivity (Wildman–Crippen MR) is 85.7 cm³/mol. The average molecular weight is 318 g/mol. The normalized spacial score (nSPS) is 30.3. The Morgan fingerprint density at radius 2 is 1.61 bits per heavy atom. The molecule has 0 radical (unpaired) electrons. The summed E-state index contributed by atoms with van der Waals surface area (Å²) in [5, 5.41) is 23.5. The maximum Gasteiger partial charge on any atom is 0.244 e. The third-order valence-corrected chi connectivity index (χ3v) is 4.62. The van der Waals surface area contributed by atoms with Crippen molar-refractivity contribution in [1.29, 1.82) is 10.5 Å². The van der Waals surface area contributed by atoms with Gasteiger partial charge in [0.1, 0.15) is 11.8 Å². The number of nitrogens with zero attached hydrogens (tertiary/aromatic N) is 2. The number of nitriles is 2. The number of imide groups is 1. The lowest BCUT2D eigenvalue weighted by atomic mass is 9.63. The Balaban J connectivity index is 0.000000366. The molecule has 2 unspecified atom stereocenters. The molecule has 2 atom stereocenters. The number of carbonyl (C=O) groups is 2. The average Bonchev–Trinajstić information content (AvgIpc) is 2.55. The van der Waals surface area contributed by atoms with E-state index in [1.807, 2.05) is 19.1 Å². The van der Waals surface area contributed by atoms with Crippen LogP contribution in [0, 0.1) is 39.9 Å². The van der Waals surface area contributed by atoms with Crippen LogP contribution < -0.4 is 10.6 Å². The Bertz CT molecular complexity index is 456. The van der Waals surface area contributed by atoms with Crippen LogP contribution in [0.1, 0.15) is 52.4 Å². The quantitative estimate of drug-likeness (QED) is 0.773. The van der Waals surface area contributed by atoms with Gasteiger partial charge in [0, 0.05) is 5.41 Å². The maximum absolute atomic E-state index is 11.6. The number of carbonyl (C=O) groups excluding carboxylic acids is 2. The van der Waals surface area contributed by atoms with Crippen LogP contribution >= 0.6 is 0 Å². The summed E-state index contributed by atoms with van der Waals surface area (Å²) in [5.41, 5.74) is -0.876. The van der Waals surface area contributed by atoms with Gasteiger partial charge in [-0.15, -0.1) is 0 Å². The zero-order valence-electron chi connectivity index (χ0n) is 14.0. The first-order valence-corrected chi connectivity index (χ1v) is 8.36. The van der Waals surface area contributed by atoms with Crippen LogP contribution in [-0.4, -0.2) is 24.9 Å². The fraction of sp³-hybridized carbons (Fsp3) is 0.765. The van der Waals surface area contributed by atoms with E-state index in [1.54, 1.807) is 6.92 Å². The molecule has 0 aromatic rings. The second-order valence-corrected chi connectivity index (χ2v) is 6.40. The second-order valence-electron chi connectivity index (χ2n) is 6.40. The monoisotopic (exact) mass is 318 g/mol. The molecular formula is C17H26N4O2. The van der Waals surface area contributed by atoms with Crippen LogP contribution in [0.2, 0.25) is 0 Å². The molecule has 0 aromatic heterocycles. The highest BCUT2D eigenvalue weighted by molar-refractivity contribution is 6.03. The lowest BCUT2D eigenvalue weighted by Gasteiger charge is -2.39. The minimum atomic E-state index is -0.934. The number of hydrogen-bond acceptors (Lipinski definition) is 5. The topological polar surface area (TPSA) is 106 Å². The molecule has 2 saturated heterocycles. The van der Waals surface area contributed by atoms with Crippen LogP contribution in [0.25, 0.3) is 0 Å². The Morgan fingerprint density at radius 3 is 1.91 bits per heavy atom. The van der Waals surface area contributed by atoms with Gasteiger partial charge in [-0.1, -0.05) is 33.1 Å². The molecule has 0 aromatic carbocycles. The number of unbranched alkanes of at least 4 members (excludes halogenated alkanes) is 1. The molecule has 0 saturated carbocycles. The third-order valence-electron chi connectivity index (χ3n) is 4.62.